The molecule has 0 heterocycles. The monoisotopic (exact) mass is 274 g/mol. The SMILES string of the molecule is C=Cc1ccc(C(CC(C)C)NCNC(C)(C)C)cc1. The lowest BCUT2D eigenvalue weighted by Crippen LogP contribution is -2.43. The maximum Gasteiger partial charge on any atom is 0.0463 e. The van der Waals surface area contributed by atoms with Crippen molar-refractivity contribution in [2.45, 2.75) is 52.6 Å². The molecule has 1 atom stereocenters. The van der Waals surface area contributed by atoms with Gasteiger partial charge in [-0.1, -0.05) is 50.8 Å². The molecule has 2 heteroatoms. The minimum atomic E-state index is 0.141. The smallest absolute Gasteiger partial charge is 0.0463 e. The van der Waals surface area contributed by atoms with E-state index >= 15 is 0 Å². The van der Waals surface area contributed by atoms with Crippen molar-refractivity contribution < 1.29 is 0 Å². The molecule has 0 saturated carbocycles. The molecule has 0 spiro atoms. The fourth-order valence-corrected chi connectivity index (χ4v) is 2.11. The van der Waals surface area contributed by atoms with E-state index in [2.05, 4.69) is 76.1 Å². The van der Waals surface area contributed by atoms with Crippen LogP contribution >= 0.6 is 0 Å². The van der Waals surface area contributed by atoms with E-state index in [0.717, 1.165) is 13.1 Å². The summed E-state index contributed by atoms with van der Waals surface area (Å²) >= 11 is 0. The first-order valence-electron chi connectivity index (χ1n) is 7.52. The Kier molecular flexibility index (Phi) is 6.44. The van der Waals surface area contributed by atoms with Crippen LogP contribution in [0.2, 0.25) is 0 Å². The predicted molar refractivity (Wildman–Crippen MR) is 89.6 cm³/mol. The molecule has 112 valence electrons. The minimum absolute atomic E-state index is 0.141. The van der Waals surface area contributed by atoms with Gasteiger partial charge in [0.1, 0.15) is 0 Å². The van der Waals surface area contributed by atoms with Crippen LogP contribution in [0.5, 0.6) is 0 Å². The van der Waals surface area contributed by atoms with Gasteiger partial charge in [-0.15, -0.1) is 0 Å². The number of hydrogen-bond acceptors (Lipinski definition) is 2. The molecule has 0 aromatic heterocycles. The normalized spacial score (nSPS) is 13.5. The Labute approximate surface area is 124 Å². The van der Waals surface area contributed by atoms with Crippen LogP contribution in [-0.4, -0.2) is 12.2 Å². The highest BCUT2D eigenvalue weighted by Crippen LogP contribution is 2.21. The van der Waals surface area contributed by atoms with Gasteiger partial charge in [0.25, 0.3) is 0 Å². The van der Waals surface area contributed by atoms with Crippen LogP contribution in [0.4, 0.5) is 0 Å². The summed E-state index contributed by atoms with van der Waals surface area (Å²) in [5.74, 6) is 0.668. The lowest BCUT2D eigenvalue weighted by Gasteiger charge is -2.26. The van der Waals surface area contributed by atoms with Crippen LogP contribution in [0.1, 0.15) is 58.2 Å². The average molecular weight is 274 g/mol. The fourth-order valence-electron chi connectivity index (χ4n) is 2.11. The van der Waals surface area contributed by atoms with Gasteiger partial charge in [-0.25, -0.2) is 0 Å². The van der Waals surface area contributed by atoms with E-state index in [1.54, 1.807) is 0 Å². The summed E-state index contributed by atoms with van der Waals surface area (Å²) in [6.07, 6.45) is 3.02. The molecule has 2 N–H and O–H groups in total. The van der Waals surface area contributed by atoms with Crippen LogP contribution in [0.15, 0.2) is 30.8 Å². The molecule has 0 amide bonds. The summed E-state index contributed by atoms with van der Waals surface area (Å²) in [5, 5.41) is 7.12. The van der Waals surface area contributed by atoms with Crippen LogP contribution in [0.3, 0.4) is 0 Å². The lowest BCUT2D eigenvalue weighted by molar-refractivity contribution is 0.357. The predicted octanol–water partition coefficient (Wildman–Crippen LogP) is 4.35. The van der Waals surface area contributed by atoms with Crippen LogP contribution in [-0.2, 0) is 0 Å². The zero-order chi connectivity index (χ0) is 15.2. The van der Waals surface area contributed by atoms with Gasteiger partial charge < -0.3 is 0 Å². The molecule has 0 aliphatic heterocycles. The molecule has 1 aromatic carbocycles. The third-order valence-corrected chi connectivity index (χ3v) is 3.25. The molecule has 1 aromatic rings. The van der Waals surface area contributed by atoms with Crippen molar-refractivity contribution in [1.29, 1.82) is 0 Å². The highest BCUT2D eigenvalue weighted by Gasteiger charge is 2.14. The van der Waals surface area contributed by atoms with Crippen molar-refractivity contribution in [2.75, 3.05) is 6.67 Å². The molecule has 1 unspecified atom stereocenters. The van der Waals surface area contributed by atoms with Crippen LogP contribution < -0.4 is 10.6 Å². The maximum atomic E-state index is 3.80. The third-order valence-electron chi connectivity index (χ3n) is 3.25. The van der Waals surface area contributed by atoms with Gasteiger partial charge in [-0.3, -0.25) is 10.6 Å². The Morgan fingerprint density at radius 2 is 1.75 bits per heavy atom. The van der Waals surface area contributed by atoms with Crippen LogP contribution in [0, 0.1) is 5.92 Å². The molecule has 20 heavy (non-hydrogen) atoms. The average Bonchev–Trinajstić information content (AvgIpc) is 2.36. The first-order valence-corrected chi connectivity index (χ1v) is 7.52. The Morgan fingerprint density at radius 3 is 2.20 bits per heavy atom. The topological polar surface area (TPSA) is 24.1 Å². The first-order chi connectivity index (χ1) is 9.31. The molecule has 0 radical (unpaired) electrons. The molecule has 0 saturated heterocycles. The number of nitrogens with one attached hydrogen (secondary N) is 2. The summed E-state index contributed by atoms with van der Waals surface area (Å²) < 4.78 is 0. The van der Waals surface area contributed by atoms with Crippen molar-refractivity contribution >= 4 is 6.08 Å². The Morgan fingerprint density at radius 1 is 1.15 bits per heavy atom. The molecule has 0 bridgehead atoms. The molecular formula is C18H30N2. The van der Waals surface area contributed by atoms with E-state index in [9.17, 15) is 0 Å². The second kappa shape index (κ2) is 7.61. The minimum Gasteiger partial charge on any atom is -0.300 e. The van der Waals surface area contributed by atoms with E-state index < -0.39 is 0 Å². The van der Waals surface area contributed by atoms with E-state index in [0.29, 0.717) is 12.0 Å². The van der Waals surface area contributed by atoms with Crippen molar-refractivity contribution in [3.63, 3.8) is 0 Å². The molecule has 2 nitrogen and oxygen atoms in total. The zero-order valence-corrected chi connectivity index (χ0v) is 13.7. The quantitative estimate of drug-likeness (QED) is 0.722. The maximum absolute atomic E-state index is 3.80. The van der Waals surface area contributed by atoms with E-state index in [1.807, 2.05) is 6.08 Å². The molecule has 0 fully saturated rings. The summed E-state index contributed by atoms with van der Waals surface area (Å²) in [7, 11) is 0. The second-order valence-corrected chi connectivity index (χ2v) is 6.86. The Bertz CT molecular complexity index is 398. The van der Waals surface area contributed by atoms with Crippen molar-refractivity contribution in [1.82, 2.24) is 10.6 Å². The van der Waals surface area contributed by atoms with E-state index in [4.69, 9.17) is 0 Å². The Hall–Kier alpha value is -1.12. The fraction of sp³-hybridized carbons (Fsp3) is 0.556. The van der Waals surface area contributed by atoms with Gasteiger partial charge in [0.2, 0.25) is 0 Å². The summed E-state index contributed by atoms with van der Waals surface area (Å²) in [5.41, 5.74) is 2.66. The highest BCUT2D eigenvalue weighted by molar-refractivity contribution is 5.47. The molecular weight excluding hydrogens is 244 g/mol. The summed E-state index contributed by atoms with van der Waals surface area (Å²) in [4.78, 5) is 0. The van der Waals surface area contributed by atoms with Gasteiger partial charge in [0.15, 0.2) is 0 Å². The third kappa shape index (κ3) is 6.36. The number of hydrogen-bond donors (Lipinski definition) is 2. The van der Waals surface area contributed by atoms with Gasteiger partial charge >= 0.3 is 0 Å². The van der Waals surface area contributed by atoms with Crippen LogP contribution in [0.25, 0.3) is 6.08 Å². The van der Waals surface area contributed by atoms with Crippen molar-refractivity contribution in [3.05, 3.63) is 42.0 Å². The van der Waals surface area contributed by atoms with Gasteiger partial charge in [0.05, 0.1) is 0 Å². The highest BCUT2D eigenvalue weighted by atomic mass is 15.1. The molecule has 0 aliphatic carbocycles. The number of rotatable bonds is 7. The van der Waals surface area contributed by atoms with E-state index in [1.165, 1.54) is 11.1 Å². The summed E-state index contributed by atoms with van der Waals surface area (Å²) in [6, 6.07) is 9.06. The zero-order valence-electron chi connectivity index (χ0n) is 13.7. The lowest BCUT2D eigenvalue weighted by atomic mass is 9.96. The van der Waals surface area contributed by atoms with E-state index in [-0.39, 0.29) is 5.54 Å². The molecule has 0 aliphatic rings. The molecule has 1 rings (SSSR count). The largest absolute Gasteiger partial charge is 0.300 e. The standard InChI is InChI=1S/C18H30N2/c1-7-15-8-10-16(11-9-15)17(12-14(2)3)19-13-20-18(4,5)6/h7-11,14,17,19-20H,1,12-13H2,2-6H3. The summed E-state index contributed by atoms with van der Waals surface area (Å²) in [6.45, 7) is 15.7. The first kappa shape index (κ1) is 16.9. The van der Waals surface area contributed by atoms with Gasteiger partial charge in [0, 0.05) is 18.2 Å². The van der Waals surface area contributed by atoms with Gasteiger partial charge in [-0.05, 0) is 44.2 Å². The van der Waals surface area contributed by atoms with Crippen molar-refractivity contribution in [2.24, 2.45) is 5.92 Å². The van der Waals surface area contributed by atoms with Gasteiger partial charge in [-0.2, -0.15) is 0 Å². The second-order valence-electron chi connectivity index (χ2n) is 6.86. The van der Waals surface area contributed by atoms with Crippen molar-refractivity contribution in [3.8, 4) is 0 Å². The number of benzene rings is 1. The Balaban J connectivity index is 2.69.